The fourth-order valence-corrected chi connectivity index (χ4v) is 3.19. The molecule has 0 bridgehead atoms. The third-order valence-corrected chi connectivity index (χ3v) is 4.17. The number of rotatable bonds is 1. The monoisotopic (exact) mass is 190 g/mol. The first-order valence-corrected chi connectivity index (χ1v) is 5.49. The normalized spacial score (nSPS) is 42.4. The number of carbonyl (C=O) groups excluding carboxylic acids is 1. The molecule has 2 saturated carbocycles. The van der Waals surface area contributed by atoms with Crippen LogP contribution >= 0.6 is 0 Å². The number of hydrogen-bond donors (Lipinski definition) is 0. The fourth-order valence-electron chi connectivity index (χ4n) is 3.19. The molecule has 0 spiro atoms. The van der Waals surface area contributed by atoms with Crippen molar-refractivity contribution in [3.8, 4) is 0 Å². The lowest BCUT2D eigenvalue weighted by Gasteiger charge is -2.38. The summed E-state index contributed by atoms with van der Waals surface area (Å²) in [6.07, 6.45) is 4.79. The molecule has 0 N–H and O–H groups in total. The molecule has 1 heteroatoms. The van der Waals surface area contributed by atoms with E-state index in [-0.39, 0.29) is 5.92 Å². The number of fused-ring (bicyclic) bond motifs is 1. The van der Waals surface area contributed by atoms with Gasteiger partial charge in [0, 0.05) is 5.92 Å². The first kappa shape index (κ1) is 9.70. The summed E-state index contributed by atoms with van der Waals surface area (Å²) >= 11 is 0. The molecule has 0 aromatic heterocycles. The topological polar surface area (TPSA) is 17.1 Å². The van der Waals surface area contributed by atoms with E-state index in [1.807, 2.05) is 0 Å². The smallest absolute Gasteiger partial charge is 0.127 e. The summed E-state index contributed by atoms with van der Waals surface area (Å²) in [6, 6.07) is 0. The summed E-state index contributed by atoms with van der Waals surface area (Å²) in [5.74, 6) is 1.50. The number of aldehydes is 1. The van der Waals surface area contributed by atoms with E-state index in [1.165, 1.54) is 30.4 Å². The Morgan fingerprint density at radius 3 is 2.36 bits per heavy atom. The van der Waals surface area contributed by atoms with Crippen molar-refractivity contribution < 1.29 is 4.79 Å². The number of allylic oxidation sites excluding steroid dienone is 2. The third kappa shape index (κ3) is 1.18. The van der Waals surface area contributed by atoms with Crippen LogP contribution in [0.1, 0.15) is 26.2 Å². The van der Waals surface area contributed by atoms with Gasteiger partial charge < -0.3 is 4.79 Å². The Kier molecular flexibility index (Phi) is 2.34. The molecule has 0 aliphatic heterocycles. The summed E-state index contributed by atoms with van der Waals surface area (Å²) in [5, 5.41) is 0. The highest BCUT2D eigenvalue weighted by molar-refractivity contribution is 5.61. The van der Waals surface area contributed by atoms with Crippen molar-refractivity contribution in [3.63, 3.8) is 0 Å². The molecular formula is C13H18O. The van der Waals surface area contributed by atoms with Gasteiger partial charge >= 0.3 is 0 Å². The standard InChI is InChI=1S/C13H18O/c1-8-9(2)13(7-14)10(3)12-6-4-5-11(8)12/h7,9,11-13H,1,3-6H2,2H3. The predicted molar refractivity (Wildman–Crippen MR) is 57.8 cm³/mol. The Morgan fingerprint density at radius 1 is 1.21 bits per heavy atom. The Bertz CT molecular complexity index is 290. The highest BCUT2D eigenvalue weighted by atomic mass is 16.1. The maximum Gasteiger partial charge on any atom is 0.127 e. The molecule has 2 aliphatic rings. The van der Waals surface area contributed by atoms with Gasteiger partial charge in [0.05, 0.1) is 0 Å². The Hall–Kier alpha value is -0.850. The van der Waals surface area contributed by atoms with Crippen LogP contribution in [-0.2, 0) is 4.79 Å². The molecule has 4 atom stereocenters. The lowest BCUT2D eigenvalue weighted by atomic mass is 9.65. The second kappa shape index (κ2) is 3.38. The average molecular weight is 190 g/mol. The minimum atomic E-state index is 0.0295. The van der Waals surface area contributed by atoms with Crippen molar-refractivity contribution >= 4 is 6.29 Å². The fraction of sp³-hybridized carbons (Fsp3) is 0.615. The zero-order valence-electron chi connectivity index (χ0n) is 8.83. The molecule has 0 heterocycles. The molecule has 2 aliphatic carbocycles. The van der Waals surface area contributed by atoms with Gasteiger partial charge in [-0.25, -0.2) is 0 Å². The highest BCUT2D eigenvalue weighted by Crippen LogP contribution is 2.50. The van der Waals surface area contributed by atoms with E-state index >= 15 is 0 Å². The molecule has 14 heavy (non-hydrogen) atoms. The van der Waals surface area contributed by atoms with Crippen LogP contribution < -0.4 is 0 Å². The number of carbonyl (C=O) groups is 1. The Morgan fingerprint density at radius 2 is 1.79 bits per heavy atom. The maximum absolute atomic E-state index is 11.0. The van der Waals surface area contributed by atoms with E-state index in [0.29, 0.717) is 17.8 Å². The van der Waals surface area contributed by atoms with Crippen LogP contribution in [0.25, 0.3) is 0 Å². The van der Waals surface area contributed by atoms with Gasteiger partial charge in [-0.1, -0.05) is 37.6 Å². The van der Waals surface area contributed by atoms with Crippen molar-refractivity contribution in [1.29, 1.82) is 0 Å². The molecule has 0 aromatic rings. The lowest BCUT2D eigenvalue weighted by molar-refractivity contribution is -0.111. The van der Waals surface area contributed by atoms with Crippen LogP contribution in [0.15, 0.2) is 24.3 Å². The summed E-state index contributed by atoms with van der Waals surface area (Å²) in [5.41, 5.74) is 2.46. The lowest BCUT2D eigenvalue weighted by Crippen LogP contribution is -2.32. The third-order valence-electron chi connectivity index (χ3n) is 4.17. The first-order valence-electron chi connectivity index (χ1n) is 5.49. The van der Waals surface area contributed by atoms with E-state index in [1.54, 1.807) is 0 Å². The first-order chi connectivity index (χ1) is 6.66. The zero-order chi connectivity index (χ0) is 10.3. The van der Waals surface area contributed by atoms with Gasteiger partial charge in [0.25, 0.3) is 0 Å². The average Bonchev–Trinajstić information content (AvgIpc) is 2.64. The molecule has 2 rings (SSSR count). The Labute approximate surface area is 85.9 Å². The second-order valence-corrected chi connectivity index (χ2v) is 4.74. The van der Waals surface area contributed by atoms with Gasteiger partial charge in [-0.2, -0.15) is 0 Å². The van der Waals surface area contributed by atoms with Gasteiger partial charge in [0.1, 0.15) is 6.29 Å². The van der Waals surface area contributed by atoms with Gasteiger partial charge in [0.2, 0.25) is 0 Å². The van der Waals surface area contributed by atoms with E-state index in [4.69, 9.17) is 0 Å². The van der Waals surface area contributed by atoms with Crippen molar-refractivity contribution in [2.75, 3.05) is 0 Å². The van der Waals surface area contributed by atoms with E-state index < -0.39 is 0 Å². The minimum absolute atomic E-state index is 0.0295. The molecule has 4 unspecified atom stereocenters. The molecule has 0 aromatic carbocycles. The molecule has 0 amide bonds. The molecule has 0 saturated heterocycles. The van der Waals surface area contributed by atoms with E-state index in [9.17, 15) is 4.79 Å². The largest absolute Gasteiger partial charge is 0.303 e. The van der Waals surface area contributed by atoms with Gasteiger partial charge in [-0.15, -0.1) is 0 Å². The van der Waals surface area contributed by atoms with Crippen molar-refractivity contribution in [3.05, 3.63) is 24.3 Å². The van der Waals surface area contributed by atoms with Crippen LogP contribution in [-0.4, -0.2) is 6.29 Å². The highest BCUT2D eigenvalue weighted by Gasteiger charge is 2.42. The SMILES string of the molecule is C=C1C(C)C(C=O)C(=C)C2CCCC12. The summed E-state index contributed by atoms with van der Waals surface area (Å²) in [7, 11) is 0. The van der Waals surface area contributed by atoms with Crippen LogP contribution in [0.3, 0.4) is 0 Å². The van der Waals surface area contributed by atoms with Gasteiger partial charge in [-0.05, 0) is 30.6 Å². The molecule has 0 radical (unpaired) electrons. The van der Waals surface area contributed by atoms with Crippen LogP contribution in [0.5, 0.6) is 0 Å². The van der Waals surface area contributed by atoms with Gasteiger partial charge in [-0.3, -0.25) is 0 Å². The van der Waals surface area contributed by atoms with Crippen LogP contribution in [0.2, 0.25) is 0 Å². The molecule has 1 nitrogen and oxygen atoms in total. The minimum Gasteiger partial charge on any atom is -0.303 e. The van der Waals surface area contributed by atoms with Crippen LogP contribution in [0.4, 0.5) is 0 Å². The molecule has 76 valence electrons. The maximum atomic E-state index is 11.0. The summed E-state index contributed by atoms with van der Waals surface area (Å²) < 4.78 is 0. The van der Waals surface area contributed by atoms with Crippen molar-refractivity contribution in [2.24, 2.45) is 23.7 Å². The number of hydrogen-bond acceptors (Lipinski definition) is 1. The molecule has 2 fully saturated rings. The second-order valence-electron chi connectivity index (χ2n) is 4.74. The summed E-state index contributed by atoms with van der Waals surface area (Å²) in [6.45, 7) is 10.4. The predicted octanol–water partition coefficient (Wildman–Crippen LogP) is 2.98. The van der Waals surface area contributed by atoms with E-state index in [0.717, 1.165) is 6.29 Å². The van der Waals surface area contributed by atoms with Crippen LogP contribution in [0, 0.1) is 23.7 Å². The summed E-state index contributed by atoms with van der Waals surface area (Å²) in [4.78, 5) is 11.0. The van der Waals surface area contributed by atoms with Crippen molar-refractivity contribution in [2.45, 2.75) is 26.2 Å². The zero-order valence-corrected chi connectivity index (χ0v) is 8.83. The quantitative estimate of drug-likeness (QED) is 0.459. The Balaban J connectivity index is 2.31. The van der Waals surface area contributed by atoms with Gasteiger partial charge in [0.15, 0.2) is 0 Å². The van der Waals surface area contributed by atoms with E-state index in [2.05, 4.69) is 20.1 Å². The molecular weight excluding hydrogens is 172 g/mol. The van der Waals surface area contributed by atoms with Crippen molar-refractivity contribution in [1.82, 2.24) is 0 Å².